The van der Waals surface area contributed by atoms with E-state index in [1.54, 1.807) is 36.4 Å². The Balaban J connectivity index is 1.91. The van der Waals surface area contributed by atoms with Crippen LogP contribution in [0.5, 0.6) is 0 Å². The van der Waals surface area contributed by atoms with Crippen LogP contribution in [0.15, 0.2) is 48.5 Å². The fraction of sp³-hybridized carbons (Fsp3) is 0.125. The molecule has 23 heavy (non-hydrogen) atoms. The largest absolute Gasteiger partial charge is 0.366 e. The van der Waals surface area contributed by atoms with Gasteiger partial charge in [-0.05, 0) is 23.3 Å². The smallest absolute Gasteiger partial charge is 0.269 e. The van der Waals surface area contributed by atoms with Gasteiger partial charge in [0.2, 0.25) is 11.8 Å². The van der Waals surface area contributed by atoms with Crippen molar-refractivity contribution < 1.29 is 14.5 Å². The Morgan fingerprint density at radius 2 is 1.78 bits per heavy atom. The number of amides is 2. The normalized spacial score (nSPS) is 10.1. The number of rotatable bonds is 6. The average molecular weight is 313 g/mol. The first kappa shape index (κ1) is 16.2. The number of nitrogens with one attached hydrogen (secondary N) is 1. The maximum Gasteiger partial charge on any atom is 0.269 e. The third kappa shape index (κ3) is 4.63. The summed E-state index contributed by atoms with van der Waals surface area (Å²) in [5.41, 5.74) is 7.01. The molecule has 0 aromatic heterocycles. The molecule has 2 aromatic carbocycles. The third-order valence-corrected chi connectivity index (χ3v) is 3.21. The van der Waals surface area contributed by atoms with Gasteiger partial charge in [0.1, 0.15) is 0 Å². The molecule has 0 unspecified atom stereocenters. The van der Waals surface area contributed by atoms with Crippen molar-refractivity contribution in [3.05, 3.63) is 75.3 Å². The van der Waals surface area contributed by atoms with Gasteiger partial charge in [0, 0.05) is 24.2 Å². The van der Waals surface area contributed by atoms with E-state index >= 15 is 0 Å². The highest BCUT2D eigenvalue weighted by molar-refractivity contribution is 5.92. The van der Waals surface area contributed by atoms with E-state index in [1.807, 2.05) is 0 Å². The van der Waals surface area contributed by atoms with Crippen LogP contribution in [0.1, 0.15) is 21.5 Å². The van der Waals surface area contributed by atoms with Crippen molar-refractivity contribution in [1.29, 1.82) is 0 Å². The zero-order valence-electron chi connectivity index (χ0n) is 12.2. The van der Waals surface area contributed by atoms with Crippen molar-refractivity contribution in [3.8, 4) is 0 Å². The van der Waals surface area contributed by atoms with Crippen molar-refractivity contribution in [2.24, 2.45) is 5.73 Å². The van der Waals surface area contributed by atoms with Gasteiger partial charge in [0.25, 0.3) is 5.69 Å². The fourth-order valence-corrected chi connectivity index (χ4v) is 2.02. The number of benzene rings is 2. The van der Waals surface area contributed by atoms with Gasteiger partial charge < -0.3 is 11.1 Å². The number of non-ortho nitro benzene ring substituents is 1. The van der Waals surface area contributed by atoms with E-state index in [2.05, 4.69) is 5.32 Å². The second-order valence-corrected chi connectivity index (χ2v) is 4.94. The van der Waals surface area contributed by atoms with E-state index in [0.29, 0.717) is 11.1 Å². The highest BCUT2D eigenvalue weighted by Gasteiger charge is 2.08. The third-order valence-electron chi connectivity index (χ3n) is 3.21. The summed E-state index contributed by atoms with van der Waals surface area (Å²) in [5, 5.41) is 13.3. The summed E-state index contributed by atoms with van der Waals surface area (Å²) in [6.07, 6.45) is 0.119. The maximum absolute atomic E-state index is 11.9. The van der Waals surface area contributed by atoms with Gasteiger partial charge in [0.05, 0.1) is 11.3 Å². The lowest BCUT2D eigenvalue weighted by Gasteiger charge is -2.06. The number of nitrogens with two attached hydrogens (primary N) is 1. The Morgan fingerprint density at radius 1 is 1.09 bits per heavy atom. The van der Waals surface area contributed by atoms with E-state index in [-0.39, 0.29) is 24.6 Å². The number of nitro benzene ring substituents is 1. The Kier molecular flexibility index (Phi) is 5.03. The Hall–Kier alpha value is -3.22. The zero-order valence-corrected chi connectivity index (χ0v) is 12.2. The van der Waals surface area contributed by atoms with Gasteiger partial charge in [0.15, 0.2) is 0 Å². The predicted octanol–water partition coefficient (Wildman–Crippen LogP) is 1.55. The molecule has 0 aliphatic heterocycles. The second kappa shape index (κ2) is 7.17. The number of carbonyl (C=O) groups is 2. The number of hydrogen-bond donors (Lipinski definition) is 2. The molecule has 7 heteroatoms. The topological polar surface area (TPSA) is 115 Å². The number of hydrogen-bond acceptors (Lipinski definition) is 4. The summed E-state index contributed by atoms with van der Waals surface area (Å²) in [7, 11) is 0. The fourth-order valence-electron chi connectivity index (χ4n) is 2.02. The van der Waals surface area contributed by atoms with Gasteiger partial charge in [-0.25, -0.2) is 0 Å². The minimum atomic E-state index is -0.524. The molecule has 0 radical (unpaired) electrons. The molecule has 0 bridgehead atoms. The molecule has 0 fully saturated rings. The standard InChI is InChI=1S/C16H15N3O4/c17-16(21)13-3-1-2-12(8-13)10-18-15(20)9-11-4-6-14(7-5-11)19(22)23/h1-8H,9-10H2,(H2,17,21)(H,18,20). The Labute approximate surface area is 132 Å². The van der Waals surface area contributed by atoms with Crippen LogP contribution in [0.2, 0.25) is 0 Å². The second-order valence-electron chi connectivity index (χ2n) is 4.94. The van der Waals surface area contributed by atoms with E-state index < -0.39 is 10.8 Å². The lowest BCUT2D eigenvalue weighted by molar-refractivity contribution is -0.384. The van der Waals surface area contributed by atoms with Crippen LogP contribution in [0, 0.1) is 10.1 Å². The van der Waals surface area contributed by atoms with Crippen LogP contribution in [-0.2, 0) is 17.8 Å². The van der Waals surface area contributed by atoms with Crippen molar-refractivity contribution >= 4 is 17.5 Å². The molecule has 2 aromatic rings. The maximum atomic E-state index is 11.9. The van der Waals surface area contributed by atoms with Crippen LogP contribution >= 0.6 is 0 Å². The van der Waals surface area contributed by atoms with Crippen LogP contribution < -0.4 is 11.1 Å². The van der Waals surface area contributed by atoms with Crippen molar-refractivity contribution in [1.82, 2.24) is 5.32 Å². The Morgan fingerprint density at radius 3 is 2.39 bits per heavy atom. The monoisotopic (exact) mass is 313 g/mol. The van der Waals surface area contributed by atoms with E-state index in [1.165, 1.54) is 12.1 Å². The summed E-state index contributed by atoms with van der Waals surface area (Å²) >= 11 is 0. The quantitative estimate of drug-likeness (QED) is 0.621. The molecule has 0 saturated heterocycles. The highest BCUT2D eigenvalue weighted by Crippen LogP contribution is 2.12. The first-order valence-electron chi connectivity index (χ1n) is 6.84. The summed E-state index contributed by atoms with van der Waals surface area (Å²) in [6, 6.07) is 12.5. The van der Waals surface area contributed by atoms with Crippen molar-refractivity contribution in [2.75, 3.05) is 0 Å². The van der Waals surface area contributed by atoms with Gasteiger partial charge >= 0.3 is 0 Å². The SMILES string of the molecule is NC(=O)c1cccc(CNC(=O)Cc2ccc([N+](=O)[O-])cc2)c1. The number of nitro groups is 1. The minimum absolute atomic E-state index is 0.0163. The number of primary amides is 1. The van der Waals surface area contributed by atoms with Crippen molar-refractivity contribution in [2.45, 2.75) is 13.0 Å². The first-order valence-corrected chi connectivity index (χ1v) is 6.84. The molecule has 0 atom stereocenters. The molecule has 0 saturated carbocycles. The van der Waals surface area contributed by atoms with Crippen molar-refractivity contribution in [3.63, 3.8) is 0 Å². The molecule has 2 rings (SSSR count). The number of nitrogens with zero attached hydrogens (tertiary/aromatic N) is 1. The van der Waals surface area contributed by atoms with E-state index in [4.69, 9.17) is 5.73 Å². The Bertz CT molecular complexity index is 741. The van der Waals surface area contributed by atoms with Gasteiger partial charge in [-0.2, -0.15) is 0 Å². The summed E-state index contributed by atoms with van der Waals surface area (Å²) < 4.78 is 0. The zero-order chi connectivity index (χ0) is 16.8. The van der Waals surface area contributed by atoms with Gasteiger partial charge in [-0.3, -0.25) is 19.7 Å². The van der Waals surface area contributed by atoms with Gasteiger partial charge in [-0.1, -0.05) is 24.3 Å². The molecular formula is C16H15N3O4. The molecule has 2 amide bonds. The van der Waals surface area contributed by atoms with Crippen LogP contribution in [0.4, 0.5) is 5.69 Å². The van der Waals surface area contributed by atoms with Crippen LogP contribution in [0.25, 0.3) is 0 Å². The van der Waals surface area contributed by atoms with E-state index in [0.717, 1.165) is 5.56 Å². The molecule has 0 spiro atoms. The molecule has 118 valence electrons. The first-order chi connectivity index (χ1) is 11.0. The highest BCUT2D eigenvalue weighted by atomic mass is 16.6. The van der Waals surface area contributed by atoms with Gasteiger partial charge in [-0.15, -0.1) is 0 Å². The summed E-state index contributed by atoms with van der Waals surface area (Å²) in [6.45, 7) is 0.271. The van der Waals surface area contributed by atoms with Crippen LogP contribution in [0.3, 0.4) is 0 Å². The molecule has 3 N–H and O–H groups in total. The average Bonchev–Trinajstić information content (AvgIpc) is 2.53. The minimum Gasteiger partial charge on any atom is -0.366 e. The van der Waals surface area contributed by atoms with E-state index in [9.17, 15) is 19.7 Å². The predicted molar refractivity (Wildman–Crippen MR) is 83.6 cm³/mol. The summed E-state index contributed by atoms with van der Waals surface area (Å²) in [4.78, 5) is 33.1. The molecule has 0 aliphatic rings. The van der Waals surface area contributed by atoms with Crippen LogP contribution in [-0.4, -0.2) is 16.7 Å². The lowest BCUT2D eigenvalue weighted by atomic mass is 10.1. The summed E-state index contributed by atoms with van der Waals surface area (Å²) in [5.74, 6) is -0.743. The number of carbonyl (C=O) groups excluding carboxylic acids is 2. The molecule has 7 nitrogen and oxygen atoms in total. The lowest BCUT2D eigenvalue weighted by Crippen LogP contribution is -2.24. The molecular weight excluding hydrogens is 298 g/mol. The molecule has 0 aliphatic carbocycles. The molecule has 0 heterocycles.